The van der Waals surface area contributed by atoms with Crippen LogP contribution in [0.2, 0.25) is 0 Å². The van der Waals surface area contributed by atoms with Gasteiger partial charge in [-0.05, 0) is 36.8 Å². The molecule has 0 bridgehead atoms. The van der Waals surface area contributed by atoms with E-state index in [9.17, 15) is 48.8 Å². The Bertz CT molecular complexity index is 1410. The second-order valence-electron chi connectivity index (χ2n) is 12.0. The van der Waals surface area contributed by atoms with Crippen LogP contribution in [0.25, 0.3) is 0 Å². The molecule has 2 aromatic carbocycles. The number of carbonyl (C=O) groups is 5. The molecular weight excluding hydrogens is 665 g/mol. The summed E-state index contributed by atoms with van der Waals surface area (Å²) >= 11 is 0. The number of nitrogens with zero attached hydrogens (tertiary/aromatic N) is 3. The zero-order chi connectivity index (χ0) is 36.2. The minimum atomic E-state index is -4.64. The fourth-order valence-corrected chi connectivity index (χ4v) is 7.92. The van der Waals surface area contributed by atoms with E-state index < -0.39 is 94.0 Å². The Kier molecular flexibility index (Phi) is 14.4. The maximum atomic E-state index is 14.0. The number of rotatable bonds is 21. The summed E-state index contributed by atoms with van der Waals surface area (Å²) in [4.78, 5) is 72.1. The van der Waals surface area contributed by atoms with E-state index in [1.54, 1.807) is 0 Å². The van der Waals surface area contributed by atoms with Crippen molar-refractivity contribution < 1.29 is 63.5 Å². The van der Waals surface area contributed by atoms with Crippen LogP contribution in [0.15, 0.2) is 60.7 Å². The van der Waals surface area contributed by atoms with E-state index >= 15 is 0 Å². The van der Waals surface area contributed by atoms with Crippen molar-refractivity contribution in [3.8, 4) is 0 Å². The number of carboxylic acid groups (broad SMARTS) is 5. The molecule has 0 radical (unpaired) electrons. The highest BCUT2D eigenvalue weighted by Crippen LogP contribution is 2.58. The topological polar surface area (TPSA) is 243 Å². The molecule has 49 heavy (non-hydrogen) atoms. The van der Waals surface area contributed by atoms with Crippen molar-refractivity contribution in [1.29, 1.82) is 0 Å². The Labute approximate surface area is 282 Å². The minimum absolute atomic E-state index is 0.223. The van der Waals surface area contributed by atoms with E-state index in [4.69, 9.17) is 14.7 Å². The van der Waals surface area contributed by atoms with Crippen molar-refractivity contribution in [2.24, 2.45) is 0 Å². The normalized spacial score (nSPS) is 16.7. The van der Waals surface area contributed by atoms with Gasteiger partial charge in [0.15, 0.2) is 0 Å². The van der Waals surface area contributed by atoms with E-state index in [1.165, 1.54) is 0 Å². The van der Waals surface area contributed by atoms with Crippen LogP contribution in [-0.2, 0) is 38.5 Å². The Morgan fingerprint density at radius 3 is 1.47 bits per heavy atom. The standard InChI is InChI=1S/C32H42N3O13P/c36-27(37)18-33(15-16-34(19-28(38)39)20-29(40)41)17-26(35(21-30(42)43)22-31(44)45)48-49(46,47)25-11-13-32(14-12-25,23-7-3-1-4-8-23)24-9-5-2-6-10-24/h1-10,25-26H,11-22H2,(H,36,37)(H,38,39)(H,40,41)(H,42,43)(H,44,45)(H,46,47). The van der Waals surface area contributed by atoms with Gasteiger partial charge in [0.1, 0.15) is 6.23 Å². The van der Waals surface area contributed by atoms with Gasteiger partial charge >= 0.3 is 37.4 Å². The molecule has 16 nitrogen and oxygen atoms in total. The third-order valence-electron chi connectivity index (χ3n) is 8.50. The second-order valence-corrected chi connectivity index (χ2v) is 14.1. The van der Waals surface area contributed by atoms with Gasteiger partial charge in [0.2, 0.25) is 0 Å². The quantitative estimate of drug-likeness (QED) is 0.0800. The number of aliphatic carboxylic acids is 5. The van der Waals surface area contributed by atoms with Gasteiger partial charge in [0.25, 0.3) is 0 Å². The summed E-state index contributed by atoms with van der Waals surface area (Å²) in [6, 6.07) is 19.5. The van der Waals surface area contributed by atoms with E-state index in [0.29, 0.717) is 12.8 Å². The third kappa shape index (κ3) is 12.0. The van der Waals surface area contributed by atoms with Gasteiger partial charge in [0.05, 0.1) is 38.4 Å². The first kappa shape index (κ1) is 39.3. The molecule has 2 atom stereocenters. The number of benzene rings is 2. The molecule has 0 spiro atoms. The monoisotopic (exact) mass is 707 g/mol. The second kappa shape index (κ2) is 18.0. The number of hydrogen-bond donors (Lipinski definition) is 6. The van der Waals surface area contributed by atoms with E-state index in [1.807, 2.05) is 60.7 Å². The fourth-order valence-electron chi connectivity index (χ4n) is 6.29. The fraction of sp³-hybridized carbons (Fsp3) is 0.469. The van der Waals surface area contributed by atoms with Crippen LogP contribution >= 0.6 is 7.60 Å². The SMILES string of the molecule is O=C(O)CN(CCN(CC(=O)O)CC(OP(=O)(O)C1CCC(c2ccccc2)(c2ccccc2)CC1)N(CC(=O)O)CC(=O)O)CC(=O)O. The van der Waals surface area contributed by atoms with Gasteiger partial charge in [-0.15, -0.1) is 0 Å². The molecule has 2 unspecified atom stereocenters. The van der Waals surface area contributed by atoms with Crippen LogP contribution in [0.5, 0.6) is 0 Å². The summed E-state index contributed by atoms with van der Waals surface area (Å²) in [7, 11) is -4.64. The molecule has 2 aromatic rings. The highest BCUT2D eigenvalue weighted by atomic mass is 31.2. The summed E-state index contributed by atoms with van der Waals surface area (Å²) in [5, 5.41) is 47.0. The first-order chi connectivity index (χ1) is 23.1. The predicted octanol–water partition coefficient (Wildman–Crippen LogP) is 1.77. The lowest BCUT2D eigenvalue weighted by Gasteiger charge is -2.43. The van der Waals surface area contributed by atoms with Crippen LogP contribution in [0.4, 0.5) is 0 Å². The summed E-state index contributed by atoms with van der Waals surface area (Å²) in [5.41, 5.74) is 0.683. The molecule has 3 rings (SSSR count). The molecule has 0 aliphatic heterocycles. The van der Waals surface area contributed by atoms with Crippen LogP contribution < -0.4 is 0 Å². The summed E-state index contributed by atoms with van der Waals surface area (Å²) < 4.78 is 19.7. The lowest BCUT2D eigenvalue weighted by atomic mass is 9.65. The highest BCUT2D eigenvalue weighted by Gasteiger charge is 2.45. The number of carboxylic acids is 5. The molecular formula is C32H42N3O13P. The van der Waals surface area contributed by atoms with Gasteiger partial charge in [0, 0.05) is 25.0 Å². The first-order valence-electron chi connectivity index (χ1n) is 15.5. The Hall–Kier alpha value is -4.18. The number of hydrogen-bond acceptors (Lipinski definition) is 10. The predicted molar refractivity (Wildman–Crippen MR) is 173 cm³/mol. The molecule has 1 saturated carbocycles. The maximum absolute atomic E-state index is 14.0. The van der Waals surface area contributed by atoms with Crippen molar-refractivity contribution in [2.45, 2.75) is 43.0 Å². The van der Waals surface area contributed by atoms with Crippen molar-refractivity contribution in [2.75, 3.05) is 52.4 Å². The van der Waals surface area contributed by atoms with Crippen LogP contribution in [0.3, 0.4) is 0 Å². The molecule has 0 heterocycles. The van der Waals surface area contributed by atoms with Gasteiger partial charge in [-0.3, -0.25) is 47.8 Å². The highest BCUT2D eigenvalue weighted by molar-refractivity contribution is 7.53. The lowest BCUT2D eigenvalue weighted by Crippen LogP contribution is -2.51. The van der Waals surface area contributed by atoms with Gasteiger partial charge in [-0.25, -0.2) is 0 Å². The molecule has 1 fully saturated rings. The molecule has 6 N–H and O–H groups in total. The largest absolute Gasteiger partial charge is 0.480 e. The van der Waals surface area contributed by atoms with Crippen LogP contribution in [0, 0.1) is 0 Å². The molecule has 1 aliphatic carbocycles. The molecule has 1 aliphatic rings. The van der Waals surface area contributed by atoms with Crippen molar-refractivity contribution in [1.82, 2.24) is 14.7 Å². The summed E-state index contributed by atoms with van der Waals surface area (Å²) in [5.74, 6) is -7.00. The molecule has 17 heteroatoms. The maximum Gasteiger partial charge on any atom is 0.332 e. The zero-order valence-corrected chi connectivity index (χ0v) is 27.6. The summed E-state index contributed by atoms with van der Waals surface area (Å²) in [6.07, 6.45) is -0.330. The Morgan fingerprint density at radius 1 is 0.673 bits per heavy atom. The molecule has 0 saturated heterocycles. The smallest absolute Gasteiger partial charge is 0.332 e. The summed E-state index contributed by atoms with van der Waals surface area (Å²) in [6.45, 7) is -5.09. The minimum Gasteiger partial charge on any atom is -0.480 e. The Morgan fingerprint density at radius 2 is 1.06 bits per heavy atom. The Balaban J connectivity index is 1.89. The van der Waals surface area contributed by atoms with E-state index in [0.717, 1.165) is 25.8 Å². The van der Waals surface area contributed by atoms with Crippen LogP contribution in [-0.4, -0.2) is 139 Å². The third-order valence-corrected chi connectivity index (χ3v) is 10.5. The lowest BCUT2D eigenvalue weighted by molar-refractivity contribution is -0.148. The van der Waals surface area contributed by atoms with Crippen molar-refractivity contribution in [3.05, 3.63) is 71.8 Å². The molecule has 268 valence electrons. The average Bonchev–Trinajstić information content (AvgIpc) is 3.02. The van der Waals surface area contributed by atoms with Gasteiger partial charge < -0.3 is 30.4 Å². The van der Waals surface area contributed by atoms with Crippen molar-refractivity contribution >= 4 is 37.4 Å². The van der Waals surface area contributed by atoms with Gasteiger partial charge in [-0.2, -0.15) is 0 Å². The molecule has 0 amide bonds. The van der Waals surface area contributed by atoms with E-state index in [-0.39, 0.29) is 25.9 Å². The zero-order valence-electron chi connectivity index (χ0n) is 26.7. The molecule has 0 aromatic heterocycles. The van der Waals surface area contributed by atoms with Crippen molar-refractivity contribution in [3.63, 3.8) is 0 Å². The van der Waals surface area contributed by atoms with Crippen LogP contribution in [0.1, 0.15) is 36.8 Å². The van der Waals surface area contributed by atoms with Gasteiger partial charge in [-0.1, -0.05) is 60.7 Å². The van der Waals surface area contributed by atoms with E-state index in [2.05, 4.69) is 0 Å². The first-order valence-corrected chi connectivity index (χ1v) is 17.2. The average molecular weight is 708 g/mol.